The van der Waals surface area contributed by atoms with Gasteiger partial charge in [-0.15, -0.1) is 0 Å². The molecular weight excluding hydrogens is 282 g/mol. The van der Waals surface area contributed by atoms with Gasteiger partial charge in [0.2, 0.25) is 5.91 Å². The number of benzene rings is 2. The fraction of sp³-hybridized carbons (Fsp3) is 0.278. The fourth-order valence-corrected chi connectivity index (χ4v) is 2.64. The van der Waals surface area contributed by atoms with Crippen LogP contribution in [0.3, 0.4) is 0 Å². The molecule has 3 heteroatoms. The van der Waals surface area contributed by atoms with Crippen molar-refractivity contribution in [3.8, 4) is 0 Å². The summed E-state index contributed by atoms with van der Waals surface area (Å²) in [6.07, 6.45) is 4.75. The van der Waals surface area contributed by atoms with Gasteiger partial charge in [-0.3, -0.25) is 4.79 Å². The molecule has 0 saturated carbocycles. The highest BCUT2D eigenvalue weighted by Crippen LogP contribution is 2.24. The molecule has 0 aromatic heterocycles. The van der Waals surface area contributed by atoms with E-state index in [9.17, 15) is 4.79 Å². The van der Waals surface area contributed by atoms with Gasteiger partial charge in [0.1, 0.15) is 0 Å². The molecule has 21 heavy (non-hydrogen) atoms. The zero-order valence-corrected chi connectivity index (χ0v) is 13.0. The molecule has 1 aliphatic carbocycles. The normalized spacial score (nSPS) is 12.3. The topological polar surface area (TPSA) is 43.1 Å². The SMILES string of the molecule is CCc1ccc(C(N)=O)cc1.Clc1ccc2c(c1)CCC2. The van der Waals surface area contributed by atoms with Crippen LogP contribution in [0.25, 0.3) is 0 Å². The first-order valence-electron chi connectivity index (χ1n) is 7.26. The standard InChI is InChI=1S/C9H9Cl.C9H11NO/c10-9-5-4-7-2-1-3-8(7)6-9;1-2-7-3-5-8(6-4-7)9(10)11/h4-6H,1-3H2;3-6H,2H2,1H3,(H2,10,11). The van der Waals surface area contributed by atoms with Crippen LogP contribution in [0.15, 0.2) is 42.5 Å². The van der Waals surface area contributed by atoms with Gasteiger partial charge in [-0.25, -0.2) is 0 Å². The monoisotopic (exact) mass is 301 g/mol. The number of fused-ring (bicyclic) bond motifs is 1. The highest BCUT2D eigenvalue weighted by Gasteiger charge is 2.09. The van der Waals surface area contributed by atoms with Gasteiger partial charge in [0.15, 0.2) is 0 Å². The van der Waals surface area contributed by atoms with Crippen molar-refractivity contribution in [2.75, 3.05) is 0 Å². The van der Waals surface area contributed by atoms with Gasteiger partial charge in [-0.05, 0) is 66.6 Å². The molecule has 0 aliphatic heterocycles. The van der Waals surface area contributed by atoms with Crippen molar-refractivity contribution in [1.82, 2.24) is 0 Å². The minimum atomic E-state index is -0.368. The first kappa shape index (κ1) is 15.6. The van der Waals surface area contributed by atoms with Crippen molar-refractivity contribution in [1.29, 1.82) is 0 Å². The summed E-state index contributed by atoms with van der Waals surface area (Å²) in [5.41, 5.74) is 9.80. The van der Waals surface area contributed by atoms with Crippen LogP contribution in [0.5, 0.6) is 0 Å². The van der Waals surface area contributed by atoms with Crippen LogP contribution in [0.2, 0.25) is 5.02 Å². The maximum absolute atomic E-state index is 10.6. The number of carbonyl (C=O) groups excluding carboxylic acids is 1. The molecule has 0 radical (unpaired) electrons. The first-order valence-corrected chi connectivity index (χ1v) is 7.64. The van der Waals surface area contributed by atoms with Crippen molar-refractivity contribution >= 4 is 17.5 Å². The summed E-state index contributed by atoms with van der Waals surface area (Å²) in [6.45, 7) is 2.07. The number of rotatable bonds is 2. The molecule has 1 amide bonds. The predicted octanol–water partition coefficient (Wildman–Crippen LogP) is 4.18. The van der Waals surface area contributed by atoms with Gasteiger partial charge in [0.25, 0.3) is 0 Å². The van der Waals surface area contributed by atoms with Gasteiger partial charge >= 0.3 is 0 Å². The third-order valence-corrected chi connectivity index (χ3v) is 3.94. The Balaban J connectivity index is 0.000000154. The Morgan fingerprint density at radius 2 is 1.76 bits per heavy atom. The Labute approximate surface area is 130 Å². The quantitative estimate of drug-likeness (QED) is 0.888. The second-order valence-corrected chi connectivity index (χ2v) is 5.62. The lowest BCUT2D eigenvalue weighted by molar-refractivity contribution is 0.100. The summed E-state index contributed by atoms with van der Waals surface area (Å²) in [6, 6.07) is 13.5. The maximum atomic E-state index is 10.6. The lowest BCUT2D eigenvalue weighted by Gasteiger charge is -1.96. The minimum Gasteiger partial charge on any atom is -0.366 e. The molecule has 3 rings (SSSR count). The van der Waals surface area contributed by atoms with E-state index in [1.807, 2.05) is 18.2 Å². The Morgan fingerprint density at radius 3 is 2.38 bits per heavy atom. The highest BCUT2D eigenvalue weighted by atomic mass is 35.5. The number of primary amides is 1. The van der Waals surface area contributed by atoms with Crippen LogP contribution in [0, 0.1) is 0 Å². The zero-order chi connectivity index (χ0) is 15.2. The third-order valence-electron chi connectivity index (χ3n) is 3.71. The van der Waals surface area contributed by atoms with E-state index in [0.29, 0.717) is 5.56 Å². The first-order chi connectivity index (χ1) is 10.1. The number of aryl methyl sites for hydroxylation is 3. The largest absolute Gasteiger partial charge is 0.366 e. The zero-order valence-electron chi connectivity index (χ0n) is 12.2. The summed E-state index contributed by atoms with van der Waals surface area (Å²) >= 11 is 5.82. The summed E-state index contributed by atoms with van der Waals surface area (Å²) in [7, 11) is 0. The molecular formula is C18H20ClNO. The Morgan fingerprint density at radius 1 is 1.10 bits per heavy atom. The van der Waals surface area contributed by atoms with Crippen LogP contribution in [-0.4, -0.2) is 5.91 Å². The molecule has 0 spiro atoms. The van der Waals surface area contributed by atoms with Crippen LogP contribution in [0.4, 0.5) is 0 Å². The maximum Gasteiger partial charge on any atom is 0.248 e. The molecule has 0 saturated heterocycles. The molecule has 0 bridgehead atoms. The Bertz CT molecular complexity index is 620. The van der Waals surface area contributed by atoms with Crippen LogP contribution in [0.1, 0.15) is 40.4 Å². The number of halogens is 1. The van der Waals surface area contributed by atoms with Gasteiger partial charge in [-0.1, -0.05) is 36.7 Å². The van der Waals surface area contributed by atoms with Crippen LogP contribution < -0.4 is 5.73 Å². The van der Waals surface area contributed by atoms with E-state index in [-0.39, 0.29) is 5.91 Å². The van der Waals surface area contributed by atoms with Crippen molar-refractivity contribution in [3.63, 3.8) is 0 Å². The predicted molar refractivity (Wildman–Crippen MR) is 87.8 cm³/mol. The smallest absolute Gasteiger partial charge is 0.248 e. The van der Waals surface area contributed by atoms with Gasteiger partial charge in [0, 0.05) is 10.6 Å². The third kappa shape index (κ3) is 4.33. The van der Waals surface area contributed by atoms with Gasteiger partial charge < -0.3 is 5.73 Å². The molecule has 2 nitrogen and oxygen atoms in total. The second kappa shape index (κ2) is 7.28. The highest BCUT2D eigenvalue weighted by molar-refractivity contribution is 6.30. The van der Waals surface area contributed by atoms with Crippen molar-refractivity contribution < 1.29 is 4.79 Å². The molecule has 0 atom stereocenters. The Hall–Kier alpha value is -1.80. The average molecular weight is 302 g/mol. The van der Waals surface area contributed by atoms with Crippen LogP contribution in [-0.2, 0) is 19.3 Å². The van der Waals surface area contributed by atoms with Crippen molar-refractivity contribution in [3.05, 3.63) is 69.7 Å². The van der Waals surface area contributed by atoms with E-state index in [0.717, 1.165) is 11.4 Å². The number of nitrogens with two attached hydrogens (primary N) is 1. The van der Waals surface area contributed by atoms with E-state index < -0.39 is 0 Å². The fourth-order valence-electron chi connectivity index (χ4n) is 2.45. The molecule has 0 heterocycles. The number of hydrogen-bond donors (Lipinski definition) is 1. The molecule has 2 aromatic rings. The van der Waals surface area contributed by atoms with E-state index in [2.05, 4.69) is 19.1 Å². The van der Waals surface area contributed by atoms with E-state index >= 15 is 0 Å². The number of carbonyl (C=O) groups is 1. The molecule has 0 unspecified atom stereocenters. The molecule has 2 N–H and O–H groups in total. The average Bonchev–Trinajstić information content (AvgIpc) is 2.95. The molecule has 2 aromatic carbocycles. The van der Waals surface area contributed by atoms with Crippen LogP contribution >= 0.6 is 11.6 Å². The molecule has 110 valence electrons. The summed E-state index contributed by atoms with van der Waals surface area (Å²) in [4.78, 5) is 10.6. The second-order valence-electron chi connectivity index (χ2n) is 5.18. The summed E-state index contributed by atoms with van der Waals surface area (Å²) < 4.78 is 0. The molecule has 1 aliphatic rings. The molecule has 0 fully saturated rings. The number of hydrogen-bond acceptors (Lipinski definition) is 1. The lowest BCUT2D eigenvalue weighted by Crippen LogP contribution is -2.10. The van der Waals surface area contributed by atoms with Crippen molar-refractivity contribution in [2.45, 2.75) is 32.6 Å². The summed E-state index contributed by atoms with van der Waals surface area (Å²) in [5, 5.41) is 0.876. The summed E-state index contributed by atoms with van der Waals surface area (Å²) in [5.74, 6) is -0.368. The van der Waals surface area contributed by atoms with Crippen molar-refractivity contribution in [2.24, 2.45) is 5.73 Å². The van der Waals surface area contributed by atoms with Gasteiger partial charge in [-0.2, -0.15) is 0 Å². The van der Waals surface area contributed by atoms with E-state index in [1.54, 1.807) is 12.1 Å². The Kier molecular flexibility index (Phi) is 5.40. The minimum absolute atomic E-state index is 0.368. The number of amides is 1. The van der Waals surface area contributed by atoms with Gasteiger partial charge in [0.05, 0.1) is 0 Å². The van der Waals surface area contributed by atoms with E-state index in [4.69, 9.17) is 17.3 Å². The van der Waals surface area contributed by atoms with E-state index in [1.165, 1.54) is 36.0 Å². The lowest BCUT2D eigenvalue weighted by atomic mass is 10.1.